The van der Waals surface area contributed by atoms with E-state index in [0.29, 0.717) is 24.5 Å². The number of rotatable bonds is 5. The Morgan fingerprint density at radius 3 is 3.00 bits per heavy atom. The summed E-state index contributed by atoms with van der Waals surface area (Å²) in [7, 11) is 1.72. The lowest BCUT2D eigenvalue weighted by molar-refractivity contribution is 0.0952. The zero-order chi connectivity index (χ0) is 13.7. The second kappa shape index (κ2) is 6.19. The minimum absolute atomic E-state index is 0.187. The normalized spacial score (nSPS) is 10.2. The fraction of sp³-hybridized carbons (Fsp3) is 0.250. The first kappa shape index (κ1) is 13.4. The maximum atomic E-state index is 11.9. The van der Waals surface area contributed by atoms with E-state index in [-0.39, 0.29) is 11.1 Å². The summed E-state index contributed by atoms with van der Waals surface area (Å²) in [6.45, 7) is 1.12. The molecule has 0 radical (unpaired) electrons. The zero-order valence-corrected chi connectivity index (χ0v) is 11.2. The van der Waals surface area contributed by atoms with E-state index >= 15 is 0 Å². The Morgan fingerprint density at radius 2 is 2.32 bits per heavy atom. The van der Waals surface area contributed by atoms with Crippen LogP contribution in [0.25, 0.3) is 0 Å². The molecule has 0 atom stereocenters. The summed E-state index contributed by atoms with van der Waals surface area (Å²) >= 11 is 5.84. The minimum Gasteiger partial charge on any atom is -0.373 e. The number of anilines is 1. The van der Waals surface area contributed by atoms with Gasteiger partial charge in [0, 0.05) is 31.5 Å². The van der Waals surface area contributed by atoms with Crippen LogP contribution in [0.4, 0.5) is 5.82 Å². The quantitative estimate of drug-likeness (QED) is 0.812. The molecular formula is C12H14ClN5O. The molecule has 2 rings (SSSR count). The van der Waals surface area contributed by atoms with Crippen molar-refractivity contribution in [2.45, 2.75) is 6.54 Å². The van der Waals surface area contributed by atoms with Crippen molar-refractivity contribution in [3.05, 3.63) is 41.3 Å². The fourth-order valence-electron chi connectivity index (χ4n) is 1.57. The summed E-state index contributed by atoms with van der Waals surface area (Å²) in [4.78, 5) is 16.0. The van der Waals surface area contributed by atoms with E-state index in [1.807, 2.05) is 12.3 Å². The SMILES string of the molecule is CNc1cc(C(=O)NCCn2cccn2)cc(Cl)n1. The van der Waals surface area contributed by atoms with Crippen LogP contribution in [-0.4, -0.2) is 34.3 Å². The van der Waals surface area contributed by atoms with Crippen molar-refractivity contribution in [1.82, 2.24) is 20.1 Å². The van der Waals surface area contributed by atoms with Gasteiger partial charge in [-0.3, -0.25) is 9.48 Å². The largest absolute Gasteiger partial charge is 0.373 e. The number of aromatic nitrogens is 3. The molecule has 0 fully saturated rings. The summed E-state index contributed by atoms with van der Waals surface area (Å²) in [5.74, 6) is 0.373. The van der Waals surface area contributed by atoms with Crippen LogP contribution in [0.5, 0.6) is 0 Å². The number of nitrogens with zero attached hydrogens (tertiary/aromatic N) is 3. The second-order valence-corrected chi connectivity index (χ2v) is 4.23. The monoisotopic (exact) mass is 279 g/mol. The molecule has 2 aromatic heterocycles. The van der Waals surface area contributed by atoms with Gasteiger partial charge in [0.2, 0.25) is 0 Å². The highest BCUT2D eigenvalue weighted by Crippen LogP contribution is 2.13. The molecule has 100 valence electrons. The number of amides is 1. The lowest BCUT2D eigenvalue weighted by Gasteiger charge is -2.07. The van der Waals surface area contributed by atoms with Crippen molar-refractivity contribution in [1.29, 1.82) is 0 Å². The van der Waals surface area contributed by atoms with Gasteiger partial charge in [0.15, 0.2) is 0 Å². The van der Waals surface area contributed by atoms with Gasteiger partial charge < -0.3 is 10.6 Å². The van der Waals surface area contributed by atoms with Gasteiger partial charge in [-0.1, -0.05) is 11.6 Å². The molecule has 0 bridgehead atoms. The highest BCUT2D eigenvalue weighted by Gasteiger charge is 2.08. The molecule has 6 nitrogen and oxygen atoms in total. The zero-order valence-electron chi connectivity index (χ0n) is 10.4. The van der Waals surface area contributed by atoms with Crippen LogP contribution in [-0.2, 0) is 6.54 Å². The number of carbonyl (C=O) groups is 1. The number of nitrogens with one attached hydrogen (secondary N) is 2. The van der Waals surface area contributed by atoms with Crippen LogP contribution in [0.1, 0.15) is 10.4 Å². The molecule has 0 aliphatic rings. The van der Waals surface area contributed by atoms with Crippen molar-refractivity contribution in [3.8, 4) is 0 Å². The van der Waals surface area contributed by atoms with Gasteiger partial charge in [0.1, 0.15) is 11.0 Å². The van der Waals surface area contributed by atoms with Gasteiger partial charge in [-0.15, -0.1) is 0 Å². The molecule has 19 heavy (non-hydrogen) atoms. The van der Waals surface area contributed by atoms with Crippen molar-refractivity contribution >= 4 is 23.3 Å². The Labute approximate surface area is 115 Å². The van der Waals surface area contributed by atoms with Crippen LogP contribution < -0.4 is 10.6 Å². The van der Waals surface area contributed by atoms with Gasteiger partial charge in [-0.05, 0) is 18.2 Å². The third-order valence-electron chi connectivity index (χ3n) is 2.50. The Morgan fingerprint density at radius 1 is 1.47 bits per heavy atom. The summed E-state index contributed by atoms with van der Waals surface area (Å²) in [5, 5.41) is 9.99. The van der Waals surface area contributed by atoms with Crippen molar-refractivity contribution in [3.63, 3.8) is 0 Å². The Kier molecular flexibility index (Phi) is 4.35. The first-order valence-electron chi connectivity index (χ1n) is 5.80. The Bertz CT molecular complexity index is 555. The predicted octanol–water partition coefficient (Wildman–Crippen LogP) is 1.40. The van der Waals surface area contributed by atoms with Crippen molar-refractivity contribution < 1.29 is 4.79 Å². The molecule has 0 aliphatic carbocycles. The molecular weight excluding hydrogens is 266 g/mol. The highest BCUT2D eigenvalue weighted by atomic mass is 35.5. The van der Waals surface area contributed by atoms with Gasteiger partial charge in [-0.25, -0.2) is 4.98 Å². The molecule has 2 heterocycles. The number of hydrogen-bond acceptors (Lipinski definition) is 4. The summed E-state index contributed by atoms with van der Waals surface area (Å²) in [5.41, 5.74) is 0.477. The lowest BCUT2D eigenvalue weighted by atomic mass is 10.2. The summed E-state index contributed by atoms with van der Waals surface area (Å²) < 4.78 is 1.75. The molecule has 2 aromatic rings. The average molecular weight is 280 g/mol. The Hall–Kier alpha value is -2.08. The van der Waals surface area contributed by atoms with Crippen LogP contribution in [0.15, 0.2) is 30.6 Å². The molecule has 1 amide bonds. The molecule has 0 spiro atoms. The molecule has 0 unspecified atom stereocenters. The Balaban J connectivity index is 1.94. The smallest absolute Gasteiger partial charge is 0.251 e. The third-order valence-corrected chi connectivity index (χ3v) is 2.69. The molecule has 7 heteroatoms. The van der Waals surface area contributed by atoms with E-state index < -0.39 is 0 Å². The number of carbonyl (C=O) groups excluding carboxylic acids is 1. The van der Waals surface area contributed by atoms with Crippen LogP contribution in [0.3, 0.4) is 0 Å². The fourth-order valence-corrected chi connectivity index (χ4v) is 1.78. The van der Waals surface area contributed by atoms with Gasteiger partial charge in [-0.2, -0.15) is 5.10 Å². The number of pyridine rings is 1. The molecule has 0 saturated heterocycles. The minimum atomic E-state index is -0.187. The van der Waals surface area contributed by atoms with E-state index in [0.717, 1.165) is 0 Å². The molecule has 0 saturated carbocycles. The van der Waals surface area contributed by atoms with Gasteiger partial charge in [0.25, 0.3) is 5.91 Å². The highest BCUT2D eigenvalue weighted by molar-refractivity contribution is 6.29. The lowest BCUT2D eigenvalue weighted by Crippen LogP contribution is -2.27. The summed E-state index contributed by atoms with van der Waals surface area (Å²) in [6.07, 6.45) is 3.54. The average Bonchev–Trinajstić information content (AvgIpc) is 2.91. The van der Waals surface area contributed by atoms with E-state index in [1.165, 1.54) is 6.07 Å². The maximum absolute atomic E-state index is 11.9. The van der Waals surface area contributed by atoms with E-state index in [2.05, 4.69) is 20.7 Å². The third kappa shape index (κ3) is 3.69. The molecule has 0 aromatic carbocycles. The van der Waals surface area contributed by atoms with Crippen LogP contribution >= 0.6 is 11.6 Å². The standard InChI is InChI=1S/C12H14ClN5O/c1-14-11-8-9(7-10(13)17-11)12(19)15-4-6-18-5-2-3-16-18/h2-3,5,7-8H,4,6H2,1H3,(H,14,17)(H,15,19). The first-order valence-corrected chi connectivity index (χ1v) is 6.18. The predicted molar refractivity (Wildman–Crippen MR) is 73.4 cm³/mol. The topological polar surface area (TPSA) is 71.8 Å². The summed E-state index contributed by atoms with van der Waals surface area (Å²) in [6, 6.07) is 5.02. The van der Waals surface area contributed by atoms with E-state index in [1.54, 1.807) is 24.0 Å². The van der Waals surface area contributed by atoms with E-state index in [9.17, 15) is 4.79 Å². The van der Waals surface area contributed by atoms with Crippen LogP contribution in [0, 0.1) is 0 Å². The van der Waals surface area contributed by atoms with E-state index in [4.69, 9.17) is 11.6 Å². The van der Waals surface area contributed by atoms with Crippen molar-refractivity contribution in [2.24, 2.45) is 0 Å². The first-order chi connectivity index (χ1) is 9.19. The van der Waals surface area contributed by atoms with Crippen molar-refractivity contribution in [2.75, 3.05) is 18.9 Å². The molecule has 0 aliphatic heterocycles. The second-order valence-electron chi connectivity index (χ2n) is 3.84. The number of halogens is 1. The number of hydrogen-bond donors (Lipinski definition) is 2. The maximum Gasteiger partial charge on any atom is 0.251 e. The van der Waals surface area contributed by atoms with Crippen LogP contribution in [0.2, 0.25) is 5.15 Å². The molecule has 2 N–H and O–H groups in total. The van der Waals surface area contributed by atoms with Gasteiger partial charge in [0.05, 0.1) is 6.54 Å². The van der Waals surface area contributed by atoms with Gasteiger partial charge >= 0.3 is 0 Å².